The molecule has 0 bridgehead atoms. The summed E-state index contributed by atoms with van der Waals surface area (Å²) < 4.78 is 15.7. The molecular weight excluding hydrogens is 396 g/mol. The van der Waals surface area contributed by atoms with E-state index < -0.39 is 11.9 Å². The monoisotopic (exact) mass is 418 g/mol. The van der Waals surface area contributed by atoms with Gasteiger partial charge in [-0.25, -0.2) is 19.6 Å². The summed E-state index contributed by atoms with van der Waals surface area (Å²) in [4.78, 5) is 34.2. The number of aromatic nitrogens is 3. The molecule has 0 atom stereocenters. The molecule has 3 heterocycles. The van der Waals surface area contributed by atoms with E-state index in [9.17, 15) is 9.59 Å². The van der Waals surface area contributed by atoms with Gasteiger partial charge in [-0.1, -0.05) is 19.0 Å². The van der Waals surface area contributed by atoms with Gasteiger partial charge in [0.2, 0.25) is 0 Å². The molecule has 0 saturated heterocycles. The van der Waals surface area contributed by atoms with Crippen molar-refractivity contribution in [2.24, 2.45) is 0 Å². The Kier molecular flexibility index (Phi) is 5.83. The maximum absolute atomic E-state index is 12.5. The number of carbonyl (C=O) groups excluding carboxylic acids is 2. The van der Waals surface area contributed by atoms with Crippen molar-refractivity contribution in [1.29, 1.82) is 0 Å². The third-order valence-corrected chi connectivity index (χ3v) is 5.44. The summed E-state index contributed by atoms with van der Waals surface area (Å²) in [7, 11) is 0. The number of hydrogen-bond acceptors (Lipinski definition) is 10. The zero-order valence-corrected chi connectivity index (χ0v) is 17.7. The lowest BCUT2D eigenvalue weighted by atomic mass is 10.1. The van der Waals surface area contributed by atoms with Gasteiger partial charge in [-0.2, -0.15) is 0 Å². The topological polar surface area (TPSA) is 130 Å². The zero-order chi connectivity index (χ0) is 21.3. The summed E-state index contributed by atoms with van der Waals surface area (Å²) >= 11 is 1.17. The highest BCUT2D eigenvalue weighted by Gasteiger charge is 2.25. The summed E-state index contributed by atoms with van der Waals surface area (Å²) in [5, 5.41) is 4.45. The predicted molar refractivity (Wildman–Crippen MR) is 107 cm³/mol. The van der Waals surface area contributed by atoms with Gasteiger partial charge in [-0.05, 0) is 26.3 Å². The first-order valence-electron chi connectivity index (χ1n) is 9.10. The molecule has 0 aliphatic rings. The van der Waals surface area contributed by atoms with Crippen molar-refractivity contribution in [3.8, 4) is 0 Å². The second kappa shape index (κ2) is 8.16. The van der Waals surface area contributed by atoms with Crippen LogP contribution in [0.25, 0.3) is 10.2 Å². The van der Waals surface area contributed by atoms with Crippen molar-refractivity contribution in [3.63, 3.8) is 0 Å². The number of nitrogen functional groups attached to an aromatic ring is 1. The largest absolute Gasteiger partial charge is 0.462 e. The van der Waals surface area contributed by atoms with Gasteiger partial charge in [0, 0.05) is 5.92 Å². The van der Waals surface area contributed by atoms with Crippen LogP contribution in [0, 0.1) is 13.8 Å². The Morgan fingerprint density at radius 2 is 1.90 bits per heavy atom. The third kappa shape index (κ3) is 3.93. The number of ether oxygens (including phenoxy) is 2. The number of esters is 2. The molecule has 9 nitrogen and oxygen atoms in total. The number of hydrogen-bond donors (Lipinski definition) is 1. The normalized spacial score (nSPS) is 11.2. The first-order chi connectivity index (χ1) is 13.7. The standard InChI is InChI=1S/C19H22N4O5S/c1-6-26-19(25)15-9(4)12-16(20)21-11(22-17(12)29-15)7-27-18(24)13-10(5)23-28-14(13)8(2)3/h8H,6-7H2,1-5H3,(H2,20,21,22). The number of fused-ring (bicyclic) bond motifs is 1. The lowest BCUT2D eigenvalue weighted by Gasteiger charge is -2.07. The van der Waals surface area contributed by atoms with E-state index in [1.165, 1.54) is 11.3 Å². The lowest BCUT2D eigenvalue weighted by molar-refractivity contribution is 0.0457. The first-order valence-corrected chi connectivity index (χ1v) is 9.92. The molecule has 0 fully saturated rings. The molecular formula is C19H22N4O5S. The van der Waals surface area contributed by atoms with E-state index in [0.29, 0.717) is 37.7 Å². The summed E-state index contributed by atoms with van der Waals surface area (Å²) in [6.07, 6.45) is 0. The van der Waals surface area contributed by atoms with Crippen LogP contribution in [0.1, 0.15) is 69.6 Å². The van der Waals surface area contributed by atoms with Gasteiger partial charge < -0.3 is 19.7 Å². The number of aryl methyl sites for hydroxylation is 2. The SMILES string of the molecule is CCOC(=O)c1sc2nc(COC(=O)c3c(C)noc3C(C)C)nc(N)c2c1C. The van der Waals surface area contributed by atoms with Crippen molar-refractivity contribution < 1.29 is 23.6 Å². The van der Waals surface area contributed by atoms with Crippen LogP contribution in [-0.2, 0) is 16.1 Å². The number of nitrogens with zero attached hydrogens (tertiary/aromatic N) is 3. The van der Waals surface area contributed by atoms with E-state index in [1.807, 2.05) is 13.8 Å². The van der Waals surface area contributed by atoms with Crippen molar-refractivity contribution in [2.45, 2.75) is 47.1 Å². The molecule has 3 aromatic heterocycles. The van der Waals surface area contributed by atoms with Crippen molar-refractivity contribution in [3.05, 3.63) is 33.3 Å². The summed E-state index contributed by atoms with van der Waals surface area (Å²) in [6.45, 7) is 9.08. The highest BCUT2D eigenvalue weighted by Crippen LogP contribution is 2.33. The van der Waals surface area contributed by atoms with Crippen molar-refractivity contribution in [2.75, 3.05) is 12.3 Å². The smallest absolute Gasteiger partial charge is 0.348 e. The molecule has 3 rings (SSSR count). The van der Waals surface area contributed by atoms with Crippen LogP contribution < -0.4 is 5.73 Å². The van der Waals surface area contributed by atoms with Gasteiger partial charge in [0.1, 0.15) is 21.1 Å². The van der Waals surface area contributed by atoms with E-state index >= 15 is 0 Å². The van der Waals surface area contributed by atoms with Crippen molar-refractivity contribution >= 4 is 39.3 Å². The summed E-state index contributed by atoms with van der Waals surface area (Å²) in [6, 6.07) is 0. The minimum absolute atomic E-state index is 0.0163. The fourth-order valence-electron chi connectivity index (χ4n) is 2.90. The maximum Gasteiger partial charge on any atom is 0.348 e. The average Bonchev–Trinajstić information content (AvgIpc) is 3.20. The molecule has 154 valence electrons. The minimum atomic E-state index is -0.565. The van der Waals surface area contributed by atoms with Crippen LogP contribution in [0.15, 0.2) is 4.52 Å². The van der Waals surface area contributed by atoms with Crippen molar-refractivity contribution in [1.82, 2.24) is 15.1 Å². The van der Waals surface area contributed by atoms with Gasteiger partial charge in [-0.15, -0.1) is 11.3 Å². The second-order valence-corrected chi connectivity index (χ2v) is 7.72. The van der Waals surface area contributed by atoms with Gasteiger partial charge in [0.15, 0.2) is 18.2 Å². The van der Waals surface area contributed by atoms with E-state index in [-0.39, 0.29) is 30.8 Å². The Balaban J connectivity index is 1.85. The minimum Gasteiger partial charge on any atom is -0.462 e. The molecule has 0 aliphatic carbocycles. The van der Waals surface area contributed by atoms with Gasteiger partial charge in [-0.3, -0.25) is 0 Å². The third-order valence-electron chi connectivity index (χ3n) is 4.28. The maximum atomic E-state index is 12.5. The highest BCUT2D eigenvalue weighted by atomic mass is 32.1. The Bertz CT molecular complexity index is 1090. The molecule has 0 amide bonds. The molecule has 3 aromatic rings. The molecule has 0 unspecified atom stereocenters. The lowest BCUT2D eigenvalue weighted by Crippen LogP contribution is -2.11. The predicted octanol–water partition coefficient (Wildman–Crippen LogP) is 3.54. The average molecular weight is 418 g/mol. The molecule has 0 spiro atoms. The van der Waals surface area contributed by atoms with E-state index in [1.54, 1.807) is 20.8 Å². The molecule has 29 heavy (non-hydrogen) atoms. The van der Waals surface area contributed by atoms with Crippen LogP contribution in [0.3, 0.4) is 0 Å². The fraction of sp³-hybridized carbons (Fsp3) is 0.421. The van der Waals surface area contributed by atoms with Crippen LogP contribution in [0.5, 0.6) is 0 Å². The van der Waals surface area contributed by atoms with E-state index in [2.05, 4.69) is 15.1 Å². The molecule has 10 heteroatoms. The number of carbonyl (C=O) groups is 2. The van der Waals surface area contributed by atoms with Crippen LogP contribution in [-0.4, -0.2) is 33.7 Å². The van der Waals surface area contributed by atoms with Crippen LogP contribution in [0.4, 0.5) is 5.82 Å². The fourth-order valence-corrected chi connectivity index (χ4v) is 4.01. The molecule has 0 saturated carbocycles. The number of rotatable bonds is 6. The summed E-state index contributed by atoms with van der Waals surface area (Å²) in [5.41, 5.74) is 7.52. The highest BCUT2D eigenvalue weighted by molar-refractivity contribution is 7.20. The van der Waals surface area contributed by atoms with Crippen LogP contribution >= 0.6 is 11.3 Å². The number of nitrogens with two attached hydrogens (primary N) is 1. The summed E-state index contributed by atoms with van der Waals surface area (Å²) in [5.74, 6) is -0.0860. The number of anilines is 1. The zero-order valence-electron chi connectivity index (χ0n) is 16.9. The molecule has 0 aliphatic heterocycles. The molecule has 0 radical (unpaired) electrons. The Morgan fingerprint density at radius 1 is 1.17 bits per heavy atom. The number of thiophene rings is 1. The quantitative estimate of drug-likeness (QED) is 0.597. The van der Waals surface area contributed by atoms with E-state index in [4.69, 9.17) is 19.7 Å². The van der Waals surface area contributed by atoms with Gasteiger partial charge >= 0.3 is 11.9 Å². The second-order valence-electron chi connectivity index (χ2n) is 6.72. The van der Waals surface area contributed by atoms with Gasteiger partial charge in [0.25, 0.3) is 0 Å². The van der Waals surface area contributed by atoms with E-state index in [0.717, 1.165) is 0 Å². The van der Waals surface area contributed by atoms with Crippen LogP contribution in [0.2, 0.25) is 0 Å². The molecule has 0 aromatic carbocycles. The first kappa shape index (κ1) is 20.7. The van der Waals surface area contributed by atoms with Gasteiger partial charge in [0.05, 0.1) is 17.7 Å². The molecule has 2 N–H and O–H groups in total. The Labute approximate surface area is 171 Å². The Morgan fingerprint density at radius 3 is 2.55 bits per heavy atom. The Hall–Kier alpha value is -3.01.